The first-order valence-electron chi connectivity index (χ1n) is 13.2. The Kier molecular flexibility index (Phi) is 5.17. The molecule has 0 N–H and O–H groups in total. The second kappa shape index (κ2) is 7.73. The quantitative estimate of drug-likeness (QED) is 0.306. The highest BCUT2D eigenvalue weighted by molar-refractivity contribution is 6.74. The van der Waals surface area contributed by atoms with Gasteiger partial charge < -0.3 is 13.9 Å². The maximum Gasteiger partial charge on any atom is 0.240 e. The third-order valence-electron chi connectivity index (χ3n) is 9.77. The Morgan fingerprint density at radius 1 is 1.03 bits per heavy atom. The van der Waals surface area contributed by atoms with E-state index in [2.05, 4.69) is 39.9 Å². The molecular formula is C29H34N2O5Si. The van der Waals surface area contributed by atoms with Gasteiger partial charge in [-0.3, -0.25) is 9.59 Å². The summed E-state index contributed by atoms with van der Waals surface area (Å²) in [4.78, 5) is 29.7. The fourth-order valence-electron chi connectivity index (χ4n) is 6.80. The highest BCUT2D eigenvalue weighted by Crippen LogP contribution is 2.70. The van der Waals surface area contributed by atoms with Crippen LogP contribution in [0.1, 0.15) is 46.1 Å². The van der Waals surface area contributed by atoms with Crippen molar-refractivity contribution in [3.05, 3.63) is 42.0 Å². The van der Waals surface area contributed by atoms with Gasteiger partial charge in [-0.15, -0.1) is 0 Å². The van der Waals surface area contributed by atoms with E-state index in [-0.39, 0.29) is 29.1 Å². The van der Waals surface area contributed by atoms with E-state index in [9.17, 15) is 14.9 Å². The number of fused-ring (bicyclic) bond motifs is 9. The lowest BCUT2D eigenvalue weighted by Gasteiger charge is -2.38. The molecule has 0 saturated carbocycles. The molecule has 0 radical (unpaired) electrons. The molecule has 2 aromatic carbocycles. The lowest BCUT2D eigenvalue weighted by Crippen LogP contribution is -2.49. The molecule has 6 rings (SSSR count). The van der Waals surface area contributed by atoms with Gasteiger partial charge in [-0.2, -0.15) is 5.26 Å². The van der Waals surface area contributed by atoms with Crippen LogP contribution in [-0.2, 0) is 23.5 Å². The van der Waals surface area contributed by atoms with Gasteiger partial charge in [0.1, 0.15) is 23.4 Å². The van der Waals surface area contributed by atoms with E-state index in [4.69, 9.17) is 13.9 Å². The number of ether oxygens (including phenoxy) is 2. The number of rotatable bonds is 6. The zero-order chi connectivity index (χ0) is 26.5. The average Bonchev–Trinajstić information content (AvgIpc) is 3.49. The van der Waals surface area contributed by atoms with Gasteiger partial charge in [0.2, 0.25) is 11.8 Å². The maximum atomic E-state index is 14.2. The van der Waals surface area contributed by atoms with E-state index >= 15 is 0 Å². The molecule has 37 heavy (non-hydrogen) atoms. The van der Waals surface area contributed by atoms with Crippen LogP contribution < -0.4 is 4.90 Å². The topological polar surface area (TPSA) is 92.2 Å². The molecule has 2 aromatic rings. The molecule has 4 heterocycles. The van der Waals surface area contributed by atoms with E-state index in [1.807, 2.05) is 31.2 Å². The molecule has 0 spiro atoms. The smallest absolute Gasteiger partial charge is 0.240 e. The summed E-state index contributed by atoms with van der Waals surface area (Å²) in [6.07, 6.45) is 0.762. The highest BCUT2D eigenvalue weighted by Gasteiger charge is 2.87. The summed E-state index contributed by atoms with van der Waals surface area (Å²) in [6, 6.07) is 13.1. The Hall–Kier alpha value is -2.57. The van der Waals surface area contributed by atoms with Gasteiger partial charge in [0.15, 0.2) is 8.32 Å². The molecule has 6 atom stereocenters. The molecule has 4 fully saturated rings. The maximum absolute atomic E-state index is 14.2. The van der Waals surface area contributed by atoms with Gasteiger partial charge in [0.25, 0.3) is 0 Å². The summed E-state index contributed by atoms with van der Waals surface area (Å²) in [6.45, 7) is 13.5. The molecule has 4 aliphatic rings. The Morgan fingerprint density at radius 3 is 2.27 bits per heavy atom. The van der Waals surface area contributed by atoms with Gasteiger partial charge in [-0.05, 0) is 36.7 Å². The second-order valence-corrected chi connectivity index (χ2v) is 17.3. The number of hydrogen-bond donors (Lipinski definition) is 0. The van der Waals surface area contributed by atoms with Crippen LogP contribution in [0.15, 0.2) is 36.4 Å². The van der Waals surface area contributed by atoms with Gasteiger partial charge in [-0.25, -0.2) is 4.90 Å². The van der Waals surface area contributed by atoms with Crippen LogP contribution in [0.3, 0.4) is 0 Å². The van der Waals surface area contributed by atoms with Crippen LogP contribution in [0.25, 0.3) is 10.8 Å². The Balaban J connectivity index is 1.39. The molecule has 4 aliphatic heterocycles. The summed E-state index contributed by atoms with van der Waals surface area (Å²) in [5.41, 5.74) is -0.610. The van der Waals surface area contributed by atoms with Gasteiger partial charge >= 0.3 is 0 Å². The van der Waals surface area contributed by atoms with Crippen LogP contribution in [0.5, 0.6) is 0 Å². The molecule has 4 saturated heterocycles. The second-order valence-electron chi connectivity index (χ2n) is 12.5. The molecule has 194 valence electrons. The first-order valence-corrected chi connectivity index (χ1v) is 16.1. The first-order chi connectivity index (χ1) is 17.4. The van der Waals surface area contributed by atoms with E-state index in [0.717, 1.165) is 10.8 Å². The van der Waals surface area contributed by atoms with Crippen LogP contribution >= 0.6 is 0 Å². The number of hydrogen-bond acceptors (Lipinski definition) is 6. The number of carbonyl (C=O) groups excluding carboxylic acids is 2. The third kappa shape index (κ3) is 3.09. The third-order valence-corrected chi connectivity index (χ3v) is 14.3. The normalized spacial score (nSPS) is 34.1. The summed E-state index contributed by atoms with van der Waals surface area (Å²) in [7, 11) is -2.00. The van der Waals surface area contributed by atoms with E-state index < -0.39 is 31.4 Å². The largest absolute Gasteiger partial charge is 0.417 e. The van der Waals surface area contributed by atoms with Gasteiger partial charge in [0, 0.05) is 23.8 Å². The first kappa shape index (κ1) is 24.7. The molecular weight excluding hydrogens is 484 g/mol. The van der Waals surface area contributed by atoms with Gasteiger partial charge in [0.05, 0.1) is 29.2 Å². The predicted molar refractivity (Wildman–Crippen MR) is 141 cm³/mol. The van der Waals surface area contributed by atoms with Crippen molar-refractivity contribution in [2.45, 2.75) is 82.1 Å². The lowest BCUT2D eigenvalue weighted by molar-refractivity contribution is -0.150. The van der Waals surface area contributed by atoms with Gasteiger partial charge in [-0.1, -0.05) is 52.0 Å². The Bertz CT molecular complexity index is 1380. The van der Waals surface area contributed by atoms with Crippen LogP contribution in [0, 0.1) is 23.2 Å². The minimum absolute atomic E-state index is 0.0673. The van der Waals surface area contributed by atoms with Crippen LogP contribution in [-0.4, -0.2) is 50.1 Å². The number of amides is 2. The number of anilines is 1. The van der Waals surface area contributed by atoms with Crippen molar-refractivity contribution in [2.24, 2.45) is 11.8 Å². The zero-order valence-corrected chi connectivity index (χ0v) is 23.3. The summed E-state index contributed by atoms with van der Waals surface area (Å²) < 4.78 is 19.4. The average molecular weight is 519 g/mol. The number of nitrogens with zero attached hydrogens (tertiary/aromatic N) is 2. The predicted octanol–water partition coefficient (Wildman–Crippen LogP) is 4.93. The highest BCUT2D eigenvalue weighted by atomic mass is 28.4. The summed E-state index contributed by atoms with van der Waals surface area (Å²) >= 11 is 0. The van der Waals surface area contributed by atoms with Crippen molar-refractivity contribution < 1.29 is 23.5 Å². The molecule has 2 bridgehead atoms. The Labute approximate surface area is 218 Å². The van der Waals surface area contributed by atoms with Crippen molar-refractivity contribution in [2.75, 3.05) is 11.5 Å². The molecule has 1 unspecified atom stereocenters. The summed E-state index contributed by atoms with van der Waals surface area (Å²) in [5, 5.41) is 11.1. The lowest BCUT2D eigenvalue weighted by atomic mass is 9.66. The molecule has 0 aliphatic carbocycles. The van der Waals surface area contributed by atoms with E-state index in [1.165, 1.54) is 4.90 Å². The fourth-order valence-corrected chi connectivity index (χ4v) is 7.84. The molecule has 8 heteroatoms. The molecule has 2 amide bonds. The number of epoxide rings is 1. The zero-order valence-electron chi connectivity index (χ0n) is 22.3. The minimum Gasteiger partial charge on any atom is -0.417 e. The summed E-state index contributed by atoms with van der Waals surface area (Å²) in [5.74, 6) is -1.66. The standard InChI is InChI=1S/C29H34N2O5Si/c1-7-28-21-22(29(36-28,24-23(28)35-24)14-15-34-37(5,6)27(2,3)4)26(33)31(25(21)32)20-13-12-17(16-30)18-10-8-9-11-19(18)20/h8-13,21-24H,7,14-15H2,1-6H3/t21-,22+,23?,24+,28+,29-/m1/s1. The number of imide groups is 1. The van der Waals surface area contributed by atoms with E-state index in [1.54, 1.807) is 12.1 Å². The number of carbonyl (C=O) groups is 2. The van der Waals surface area contributed by atoms with Crippen molar-refractivity contribution in [3.63, 3.8) is 0 Å². The number of nitriles is 1. The minimum atomic E-state index is -2.00. The Morgan fingerprint density at radius 2 is 1.65 bits per heavy atom. The SMILES string of the molecule is CC[C@]12O[C@](CCO[Si](C)(C)C(C)(C)C)([C@@H]3C(=O)N(c4ccc(C#N)c5ccccc45)C(=O)[C@@H]31)[C@H]1OC12. The van der Waals surface area contributed by atoms with Crippen molar-refractivity contribution in [1.82, 2.24) is 0 Å². The number of benzene rings is 2. The van der Waals surface area contributed by atoms with Crippen molar-refractivity contribution in [1.29, 1.82) is 5.26 Å². The van der Waals surface area contributed by atoms with Crippen molar-refractivity contribution in [3.8, 4) is 6.07 Å². The molecule has 7 nitrogen and oxygen atoms in total. The van der Waals surface area contributed by atoms with Crippen LogP contribution in [0.4, 0.5) is 5.69 Å². The van der Waals surface area contributed by atoms with Crippen LogP contribution in [0.2, 0.25) is 18.1 Å². The van der Waals surface area contributed by atoms with Crippen molar-refractivity contribution >= 4 is 36.6 Å². The van der Waals surface area contributed by atoms with E-state index in [0.29, 0.717) is 30.7 Å². The monoisotopic (exact) mass is 518 g/mol. The molecule has 0 aromatic heterocycles. The fraction of sp³-hybridized carbons (Fsp3) is 0.552.